The highest BCUT2D eigenvalue weighted by Crippen LogP contribution is 2.39. The molecule has 2 aliphatic rings. The van der Waals surface area contributed by atoms with Crippen molar-refractivity contribution < 1.29 is 26.7 Å². The lowest BCUT2D eigenvalue weighted by molar-refractivity contribution is 0.180. The van der Waals surface area contributed by atoms with Crippen LogP contribution in [0.15, 0.2) is 47.5 Å². The second-order valence-electron chi connectivity index (χ2n) is 10.1. The van der Waals surface area contributed by atoms with Gasteiger partial charge in [0.05, 0.1) is 33.2 Å². The number of piperidine rings is 1. The summed E-state index contributed by atoms with van der Waals surface area (Å²) in [6.45, 7) is 1.72. The van der Waals surface area contributed by atoms with Gasteiger partial charge in [0.15, 0.2) is 5.82 Å². The van der Waals surface area contributed by atoms with E-state index in [9.17, 15) is 17.9 Å². The van der Waals surface area contributed by atoms with Gasteiger partial charge in [-0.2, -0.15) is 0 Å². The molecule has 4 N–H and O–H groups in total. The predicted molar refractivity (Wildman–Crippen MR) is 150 cm³/mol. The summed E-state index contributed by atoms with van der Waals surface area (Å²) >= 11 is 6.10. The van der Waals surface area contributed by atoms with Gasteiger partial charge < -0.3 is 15.7 Å². The highest BCUT2D eigenvalue weighted by molar-refractivity contribution is 7.92. The minimum absolute atomic E-state index is 0.0452. The van der Waals surface area contributed by atoms with Gasteiger partial charge in [-0.05, 0) is 86.3 Å². The van der Waals surface area contributed by atoms with Crippen molar-refractivity contribution in [2.75, 3.05) is 23.1 Å². The molecular weight excluding hydrogens is 579 g/mol. The Kier molecular flexibility index (Phi) is 7.26. The summed E-state index contributed by atoms with van der Waals surface area (Å²) in [4.78, 5) is 8.33. The molecular formula is C28H25ClF3N5O3S. The van der Waals surface area contributed by atoms with Crippen LogP contribution in [0, 0.1) is 17.5 Å². The van der Waals surface area contributed by atoms with Crippen LogP contribution in [0.25, 0.3) is 22.0 Å². The third-order valence-electron chi connectivity index (χ3n) is 7.50. The average Bonchev–Trinajstić information content (AvgIpc) is 3.31. The first-order chi connectivity index (χ1) is 19.6. The zero-order valence-corrected chi connectivity index (χ0v) is 23.1. The summed E-state index contributed by atoms with van der Waals surface area (Å²) in [5.74, 6) is -3.00. The monoisotopic (exact) mass is 603 g/mol. The second-order valence-corrected chi connectivity index (χ2v) is 12.2. The number of hydrogen-bond donors (Lipinski definition) is 4. The molecule has 2 heterocycles. The number of aliphatic hydroxyl groups excluding tert-OH is 1. The Bertz CT molecular complexity index is 1780. The number of hydrogen-bond acceptors (Lipinski definition) is 7. The van der Waals surface area contributed by atoms with E-state index in [4.69, 9.17) is 11.6 Å². The highest BCUT2D eigenvalue weighted by atomic mass is 35.5. The predicted octanol–water partition coefficient (Wildman–Crippen LogP) is 5.31. The van der Waals surface area contributed by atoms with Crippen molar-refractivity contribution >= 4 is 44.2 Å². The van der Waals surface area contributed by atoms with Gasteiger partial charge in [0.1, 0.15) is 11.6 Å². The van der Waals surface area contributed by atoms with E-state index in [1.807, 2.05) is 0 Å². The molecule has 6 rings (SSSR count). The normalized spacial score (nSPS) is 17.5. The van der Waals surface area contributed by atoms with E-state index in [-0.39, 0.29) is 33.3 Å². The molecule has 0 spiro atoms. The summed E-state index contributed by atoms with van der Waals surface area (Å²) in [5, 5.41) is 16.7. The standard InChI is InChI=1S/C28H25ClF3N5O3S/c29-14-11-18-16(2-6-23(18)38)24(12-14)41(39,40)37-22-5-3-20(30)25(27(22)32)17-1-4-21-19(26(17)31)13-34-28(36-21)35-15-7-9-33-10-8-15/h1,3-5,11-13,15,23,33,37-38H,2,6-10H2,(H,34,35,36)/t23-/m1/s1. The zero-order chi connectivity index (χ0) is 28.9. The molecule has 0 bridgehead atoms. The van der Waals surface area contributed by atoms with Crippen LogP contribution >= 0.6 is 11.6 Å². The number of halogens is 4. The fraction of sp³-hybridized carbons (Fsp3) is 0.286. The first-order valence-electron chi connectivity index (χ1n) is 13.1. The Morgan fingerprint density at radius 3 is 2.59 bits per heavy atom. The molecule has 13 heteroatoms. The van der Waals surface area contributed by atoms with E-state index in [1.54, 1.807) is 0 Å². The number of sulfonamides is 1. The van der Waals surface area contributed by atoms with Crippen LogP contribution in [0.4, 0.5) is 24.8 Å². The number of aromatic nitrogens is 2. The first-order valence-corrected chi connectivity index (χ1v) is 14.9. The zero-order valence-electron chi connectivity index (χ0n) is 21.5. The molecule has 41 heavy (non-hydrogen) atoms. The van der Waals surface area contributed by atoms with Crippen molar-refractivity contribution in [3.05, 3.63) is 76.2 Å². The van der Waals surface area contributed by atoms with E-state index >= 15 is 8.78 Å². The van der Waals surface area contributed by atoms with Crippen LogP contribution in [-0.2, 0) is 16.4 Å². The third kappa shape index (κ3) is 5.21. The van der Waals surface area contributed by atoms with E-state index in [1.165, 1.54) is 30.5 Å². The smallest absolute Gasteiger partial charge is 0.262 e. The molecule has 0 radical (unpaired) electrons. The topological polar surface area (TPSA) is 116 Å². The van der Waals surface area contributed by atoms with Crippen LogP contribution in [0.2, 0.25) is 5.02 Å². The van der Waals surface area contributed by atoms with Gasteiger partial charge >= 0.3 is 0 Å². The lowest BCUT2D eigenvalue weighted by Gasteiger charge is -2.23. The molecule has 8 nitrogen and oxygen atoms in total. The summed E-state index contributed by atoms with van der Waals surface area (Å²) < 4.78 is 75.1. The minimum Gasteiger partial charge on any atom is -0.388 e. The summed E-state index contributed by atoms with van der Waals surface area (Å²) in [6, 6.07) is 7.28. The van der Waals surface area contributed by atoms with Crippen molar-refractivity contribution in [2.24, 2.45) is 0 Å². The summed E-state index contributed by atoms with van der Waals surface area (Å²) in [6.07, 6.45) is 2.74. The van der Waals surface area contributed by atoms with Crippen molar-refractivity contribution in [3.63, 3.8) is 0 Å². The Morgan fingerprint density at radius 2 is 1.80 bits per heavy atom. The maximum Gasteiger partial charge on any atom is 0.262 e. The molecule has 214 valence electrons. The van der Waals surface area contributed by atoms with E-state index in [0.717, 1.165) is 38.1 Å². The van der Waals surface area contributed by atoms with Gasteiger partial charge in [-0.15, -0.1) is 0 Å². The molecule has 1 fully saturated rings. The molecule has 1 aromatic heterocycles. The van der Waals surface area contributed by atoms with Crippen molar-refractivity contribution in [3.8, 4) is 11.1 Å². The molecule has 0 unspecified atom stereocenters. The molecule has 0 saturated carbocycles. The number of fused-ring (bicyclic) bond motifs is 2. The largest absolute Gasteiger partial charge is 0.388 e. The van der Waals surface area contributed by atoms with Crippen molar-refractivity contribution in [2.45, 2.75) is 42.7 Å². The SMILES string of the molecule is O=S(=O)(Nc1ccc(F)c(-c2ccc3nc(NC4CCNCC4)ncc3c2F)c1F)c1cc(Cl)cc2c1CC[C@H]2O. The first kappa shape index (κ1) is 27.7. The Morgan fingerprint density at radius 1 is 1.02 bits per heavy atom. The number of nitrogens with zero attached hydrogens (tertiary/aromatic N) is 2. The van der Waals surface area contributed by atoms with E-state index in [2.05, 4.69) is 25.3 Å². The van der Waals surface area contributed by atoms with Crippen LogP contribution in [0.1, 0.15) is 36.5 Å². The van der Waals surface area contributed by atoms with Crippen molar-refractivity contribution in [1.29, 1.82) is 0 Å². The number of aliphatic hydroxyl groups is 1. The molecule has 1 atom stereocenters. The lowest BCUT2D eigenvalue weighted by Crippen LogP contribution is -2.35. The van der Waals surface area contributed by atoms with Gasteiger partial charge in [0, 0.05) is 22.8 Å². The Balaban J connectivity index is 1.35. The van der Waals surface area contributed by atoms with Crippen molar-refractivity contribution in [1.82, 2.24) is 15.3 Å². The molecule has 1 saturated heterocycles. The van der Waals surface area contributed by atoms with E-state index < -0.39 is 50.4 Å². The van der Waals surface area contributed by atoms with Crippen LogP contribution in [0.3, 0.4) is 0 Å². The fourth-order valence-electron chi connectivity index (χ4n) is 5.43. The van der Waals surface area contributed by atoms with Gasteiger partial charge in [-0.1, -0.05) is 11.6 Å². The summed E-state index contributed by atoms with van der Waals surface area (Å²) in [7, 11) is -4.41. The molecule has 4 aromatic rings. The third-order valence-corrected chi connectivity index (χ3v) is 9.15. The number of benzene rings is 3. The van der Waals surface area contributed by atoms with Crippen LogP contribution < -0.4 is 15.4 Å². The number of nitrogens with one attached hydrogen (secondary N) is 3. The Labute approximate surface area is 239 Å². The van der Waals surface area contributed by atoms with Crippen LogP contribution in [0.5, 0.6) is 0 Å². The number of anilines is 2. The molecule has 1 aliphatic carbocycles. The minimum atomic E-state index is -4.41. The lowest BCUT2D eigenvalue weighted by atomic mass is 10.0. The Hall–Kier alpha value is -3.45. The molecule has 3 aromatic carbocycles. The van der Waals surface area contributed by atoms with E-state index in [0.29, 0.717) is 23.5 Å². The maximum absolute atomic E-state index is 15.7. The molecule has 1 aliphatic heterocycles. The summed E-state index contributed by atoms with van der Waals surface area (Å²) in [5.41, 5.74) is -0.742. The van der Waals surface area contributed by atoms with Gasteiger partial charge in [0.25, 0.3) is 10.0 Å². The quantitative estimate of drug-likeness (QED) is 0.236. The average molecular weight is 604 g/mol. The highest BCUT2D eigenvalue weighted by Gasteiger charge is 2.30. The van der Waals surface area contributed by atoms with Gasteiger partial charge in [-0.25, -0.2) is 31.6 Å². The second kappa shape index (κ2) is 10.8. The van der Waals surface area contributed by atoms with Crippen LogP contribution in [-0.4, -0.2) is 42.6 Å². The van der Waals surface area contributed by atoms with Gasteiger partial charge in [-0.3, -0.25) is 4.72 Å². The number of rotatable bonds is 6. The fourth-order valence-corrected chi connectivity index (χ4v) is 7.11. The maximum atomic E-state index is 15.7. The van der Waals surface area contributed by atoms with Gasteiger partial charge in [0.2, 0.25) is 5.95 Å². The molecule has 0 amide bonds.